The van der Waals surface area contributed by atoms with E-state index in [0.717, 1.165) is 25.9 Å². The molecule has 1 aliphatic carbocycles. The third kappa shape index (κ3) is 2.66. The Bertz CT molecular complexity index is 542. The van der Waals surface area contributed by atoms with E-state index in [1.807, 2.05) is 18.7 Å². The summed E-state index contributed by atoms with van der Waals surface area (Å²) >= 11 is 0. The molecule has 1 aliphatic heterocycles. The lowest BCUT2D eigenvalue weighted by molar-refractivity contribution is 0.155. The second-order valence-corrected chi connectivity index (χ2v) is 7.03. The second-order valence-electron chi connectivity index (χ2n) is 7.03. The van der Waals surface area contributed by atoms with Gasteiger partial charge in [0.1, 0.15) is 0 Å². The minimum Gasteiger partial charge on any atom is -0.336 e. The average molecular weight is 286 g/mol. The number of amides is 2. The molecule has 2 amide bonds. The second kappa shape index (κ2) is 5.36. The van der Waals surface area contributed by atoms with Crippen LogP contribution in [0.2, 0.25) is 0 Å². The van der Waals surface area contributed by atoms with Crippen LogP contribution in [0.1, 0.15) is 49.8 Å². The maximum Gasteiger partial charge on any atom is 0.317 e. The fraction of sp³-hybridized carbons (Fsp3) is 0.611. The molecule has 1 saturated heterocycles. The van der Waals surface area contributed by atoms with Crippen LogP contribution < -0.4 is 5.32 Å². The molecule has 0 bridgehead atoms. The monoisotopic (exact) mass is 286 g/mol. The van der Waals surface area contributed by atoms with Gasteiger partial charge in [-0.2, -0.15) is 0 Å². The number of urea groups is 1. The summed E-state index contributed by atoms with van der Waals surface area (Å²) < 4.78 is 0. The molecule has 3 rings (SSSR count). The molecule has 0 saturated carbocycles. The van der Waals surface area contributed by atoms with Crippen molar-refractivity contribution in [1.82, 2.24) is 10.2 Å². The number of likely N-dealkylation sites (tertiary alicyclic amines) is 1. The first kappa shape index (κ1) is 14.4. The van der Waals surface area contributed by atoms with Gasteiger partial charge in [0, 0.05) is 19.1 Å². The molecule has 1 spiro atoms. The first-order valence-electron chi connectivity index (χ1n) is 8.16. The van der Waals surface area contributed by atoms with Crippen LogP contribution in [0.5, 0.6) is 0 Å². The summed E-state index contributed by atoms with van der Waals surface area (Å²) in [6.07, 6.45) is 4.67. The minimum atomic E-state index is 0.0994. The fourth-order valence-corrected chi connectivity index (χ4v) is 3.91. The minimum absolute atomic E-state index is 0.0994. The molecule has 0 unspecified atom stereocenters. The molecule has 1 aromatic carbocycles. The van der Waals surface area contributed by atoms with Gasteiger partial charge < -0.3 is 10.2 Å². The number of benzene rings is 1. The van der Waals surface area contributed by atoms with E-state index < -0.39 is 0 Å². The lowest BCUT2D eigenvalue weighted by Gasteiger charge is -2.40. The van der Waals surface area contributed by atoms with Crippen LogP contribution in [0.3, 0.4) is 0 Å². The summed E-state index contributed by atoms with van der Waals surface area (Å²) in [6.45, 7) is 7.97. The Kier molecular flexibility index (Phi) is 3.68. The van der Waals surface area contributed by atoms with Crippen molar-refractivity contribution in [1.29, 1.82) is 0 Å². The van der Waals surface area contributed by atoms with Crippen molar-refractivity contribution in [2.75, 3.05) is 13.1 Å². The van der Waals surface area contributed by atoms with Gasteiger partial charge in [0.15, 0.2) is 0 Å². The van der Waals surface area contributed by atoms with Crippen molar-refractivity contribution >= 4 is 6.03 Å². The van der Waals surface area contributed by atoms with Crippen molar-refractivity contribution in [2.45, 2.75) is 57.9 Å². The van der Waals surface area contributed by atoms with Crippen molar-refractivity contribution in [2.24, 2.45) is 0 Å². The van der Waals surface area contributed by atoms with Gasteiger partial charge in [0.25, 0.3) is 0 Å². The lowest BCUT2D eigenvalue weighted by Crippen LogP contribution is -2.49. The van der Waals surface area contributed by atoms with E-state index in [0.29, 0.717) is 5.41 Å². The van der Waals surface area contributed by atoms with E-state index in [-0.39, 0.29) is 12.1 Å². The van der Waals surface area contributed by atoms with E-state index in [1.165, 1.54) is 24.0 Å². The Morgan fingerprint density at radius 1 is 1.24 bits per heavy atom. The van der Waals surface area contributed by atoms with E-state index in [4.69, 9.17) is 0 Å². The molecule has 114 valence electrons. The molecule has 1 N–H and O–H groups in total. The van der Waals surface area contributed by atoms with Gasteiger partial charge >= 0.3 is 6.03 Å². The molecule has 3 nitrogen and oxygen atoms in total. The zero-order chi connectivity index (χ0) is 15.0. The summed E-state index contributed by atoms with van der Waals surface area (Å²) in [5.74, 6) is 0. The van der Waals surface area contributed by atoms with Crippen LogP contribution in [0.4, 0.5) is 4.79 Å². The third-order valence-corrected chi connectivity index (χ3v) is 5.13. The lowest BCUT2D eigenvalue weighted by atomic mass is 9.73. The van der Waals surface area contributed by atoms with Crippen LogP contribution in [-0.4, -0.2) is 30.1 Å². The quantitative estimate of drug-likeness (QED) is 0.843. The van der Waals surface area contributed by atoms with E-state index in [1.54, 1.807) is 5.56 Å². The number of aryl methyl sites for hydroxylation is 2. The van der Waals surface area contributed by atoms with Crippen molar-refractivity contribution < 1.29 is 4.79 Å². The maximum absolute atomic E-state index is 12.1. The van der Waals surface area contributed by atoms with E-state index in [9.17, 15) is 4.79 Å². The predicted molar refractivity (Wildman–Crippen MR) is 85.7 cm³/mol. The van der Waals surface area contributed by atoms with Crippen LogP contribution in [0, 0.1) is 6.92 Å². The summed E-state index contributed by atoms with van der Waals surface area (Å²) in [4.78, 5) is 14.1. The number of carbonyl (C=O) groups excluding carboxylic acids is 1. The number of hydrogen-bond acceptors (Lipinski definition) is 1. The molecule has 1 fully saturated rings. The topological polar surface area (TPSA) is 32.3 Å². The first-order valence-corrected chi connectivity index (χ1v) is 8.16. The molecule has 0 aromatic heterocycles. The van der Waals surface area contributed by atoms with Gasteiger partial charge in [0.05, 0.1) is 0 Å². The molecule has 21 heavy (non-hydrogen) atoms. The van der Waals surface area contributed by atoms with Gasteiger partial charge in [-0.15, -0.1) is 0 Å². The number of nitrogens with one attached hydrogen (secondary N) is 1. The Balaban J connectivity index is 1.72. The van der Waals surface area contributed by atoms with Crippen molar-refractivity contribution in [3.05, 3.63) is 34.9 Å². The van der Waals surface area contributed by atoms with Crippen molar-refractivity contribution in [3.8, 4) is 0 Å². The molecular formula is C18H26N2O. The van der Waals surface area contributed by atoms with Gasteiger partial charge in [-0.3, -0.25) is 0 Å². The number of rotatable bonds is 1. The molecule has 2 aliphatic rings. The normalized spacial score (nSPS) is 19.9. The summed E-state index contributed by atoms with van der Waals surface area (Å²) in [6, 6.07) is 7.22. The van der Waals surface area contributed by atoms with Crippen LogP contribution in [-0.2, 0) is 11.8 Å². The van der Waals surface area contributed by atoms with Gasteiger partial charge in [0.2, 0.25) is 0 Å². The Labute approximate surface area is 127 Å². The Morgan fingerprint density at radius 3 is 2.62 bits per heavy atom. The van der Waals surface area contributed by atoms with Crippen LogP contribution >= 0.6 is 0 Å². The summed E-state index contributed by atoms with van der Waals surface area (Å²) in [7, 11) is 0. The van der Waals surface area contributed by atoms with E-state index in [2.05, 4.69) is 30.4 Å². The zero-order valence-corrected chi connectivity index (χ0v) is 13.4. The molecule has 1 aromatic rings. The highest BCUT2D eigenvalue weighted by atomic mass is 16.2. The highest BCUT2D eigenvalue weighted by molar-refractivity contribution is 5.74. The Morgan fingerprint density at radius 2 is 1.95 bits per heavy atom. The fourth-order valence-electron chi connectivity index (χ4n) is 3.91. The molecule has 1 heterocycles. The van der Waals surface area contributed by atoms with Crippen LogP contribution in [0.25, 0.3) is 0 Å². The van der Waals surface area contributed by atoms with Crippen LogP contribution in [0.15, 0.2) is 18.2 Å². The first-order chi connectivity index (χ1) is 10.00. The molecule has 0 atom stereocenters. The van der Waals surface area contributed by atoms with E-state index >= 15 is 0 Å². The zero-order valence-electron chi connectivity index (χ0n) is 13.4. The van der Waals surface area contributed by atoms with Gasteiger partial charge in [-0.1, -0.05) is 23.8 Å². The smallest absolute Gasteiger partial charge is 0.317 e. The molecule has 0 radical (unpaired) electrons. The van der Waals surface area contributed by atoms with Gasteiger partial charge in [-0.05, 0) is 63.0 Å². The number of nitrogens with zero attached hydrogens (tertiary/aromatic N) is 1. The van der Waals surface area contributed by atoms with Gasteiger partial charge in [-0.25, -0.2) is 4.79 Å². The highest BCUT2D eigenvalue weighted by Gasteiger charge is 2.41. The SMILES string of the molecule is Cc1ccc2c(c1)C1(CC2)CCN(C(=O)NC(C)C)CC1. The number of hydrogen-bond donors (Lipinski definition) is 1. The number of fused-ring (bicyclic) bond motifs is 2. The number of piperidine rings is 1. The predicted octanol–water partition coefficient (Wildman–Crippen LogP) is 3.39. The summed E-state index contributed by atoms with van der Waals surface area (Å²) in [5, 5.41) is 3.01. The number of carbonyl (C=O) groups is 1. The molecule has 3 heteroatoms. The standard InChI is InChI=1S/C18H26N2O/c1-13(2)19-17(21)20-10-8-18(9-11-20)7-6-15-5-4-14(3)12-16(15)18/h4-5,12-13H,6-11H2,1-3H3,(H,19,21). The Hall–Kier alpha value is -1.51. The van der Waals surface area contributed by atoms with Crippen molar-refractivity contribution in [3.63, 3.8) is 0 Å². The highest BCUT2D eigenvalue weighted by Crippen LogP contribution is 2.46. The third-order valence-electron chi connectivity index (χ3n) is 5.13. The maximum atomic E-state index is 12.1. The average Bonchev–Trinajstić information content (AvgIpc) is 2.77. The largest absolute Gasteiger partial charge is 0.336 e. The molecular weight excluding hydrogens is 260 g/mol. The summed E-state index contributed by atoms with van der Waals surface area (Å²) in [5.41, 5.74) is 4.78.